The minimum absolute atomic E-state index is 0.0341. The third kappa shape index (κ3) is 7.10. The Balaban J connectivity index is 1.48. The lowest BCUT2D eigenvalue weighted by atomic mass is 9.73. The van der Waals surface area contributed by atoms with Crippen molar-refractivity contribution < 1.29 is 48.4 Å². The van der Waals surface area contributed by atoms with E-state index in [-0.39, 0.29) is 29.0 Å². The van der Waals surface area contributed by atoms with Gasteiger partial charge in [0.2, 0.25) is 11.8 Å². The van der Waals surface area contributed by atoms with Crippen LogP contribution in [0.25, 0.3) is 0 Å². The summed E-state index contributed by atoms with van der Waals surface area (Å²) in [6.07, 6.45) is -1.26. The molecule has 2 unspecified atom stereocenters. The standard InChI is InChI=1S/C31H35ClFN3O9/c1-34(2)27(40)19(17-36-10-8-30(9-11-36)22-14-20(33)4-7-24(22)35(3)28(30)41)12-18-13-21(5-6-23(18)32)45-26(39)16-31(44,29(42)43)15-25(37)38/h4-7,13-14,19,44H,8-12,15-17H2,1-3H3,(H,37,38)(H,42,43). The molecule has 2 aliphatic heterocycles. The predicted molar refractivity (Wildman–Crippen MR) is 160 cm³/mol. The van der Waals surface area contributed by atoms with Crippen molar-refractivity contribution in [2.45, 2.75) is 43.1 Å². The maximum Gasteiger partial charge on any atom is 0.336 e. The van der Waals surface area contributed by atoms with Gasteiger partial charge >= 0.3 is 17.9 Å². The summed E-state index contributed by atoms with van der Waals surface area (Å²) in [5.41, 5.74) is -1.85. The summed E-state index contributed by atoms with van der Waals surface area (Å²) in [5.74, 6) is -5.95. The van der Waals surface area contributed by atoms with E-state index in [0.717, 1.165) is 0 Å². The number of esters is 1. The van der Waals surface area contributed by atoms with Crippen molar-refractivity contribution >= 4 is 47.0 Å². The molecule has 3 N–H and O–H groups in total. The number of likely N-dealkylation sites (N-methyl/N-ethyl adjacent to an activating group) is 1. The number of carbonyl (C=O) groups excluding carboxylic acids is 3. The van der Waals surface area contributed by atoms with E-state index in [1.807, 2.05) is 0 Å². The molecule has 12 nitrogen and oxygen atoms in total. The van der Waals surface area contributed by atoms with Crippen LogP contribution in [0.1, 0.15) is 36.8 Å². The Kier molecular flexibility index (Phi) is 9.85. The summed E-state index contributed by atoms with van der Waals surface area (Å²) in [6, 6.07) is 8.61. The highest BCUT2D eigenvalue weighted by Crippen LogP contribution is 2.47. The first-order valence-electron chi connectivity index (χ1n) is 14.2. The number of aliphatic hydroxyl groups is 1. The number of amides is 2. The Morgan fingerprint density at radius 3 is 2.36 bits per heavy atom. The number of likely N-dealkylation sites (tertiary alicyclic amines) is 1. The number of benzene rings is 2. The van der Waals surface area contributed by atoms with Crippen molar-refractivity contribution in [3.05, 3.63) is 58.4 Å². The number of hydrogen-bond donors (Lipinski definition) is 3. The third-order valence-corrected chi connectivity index (χ3v) is 8.89. The maximum absolute atomic E-state index is 14.2. The van der Waals surface area contributed by atoms with Crippen molar-refractivity contribution in [2.75, 3.05) is 45.7 Å². The van der Waals surface area contributed by atoms with Crippen LogP contribution < -0.4 is 9.64 Å². The molecule has 0 bridgehead atoms. The number of anilines is 1. The molecule has 2 atom stereocenters. The molecule has 2 heterocycles. The Hall–Kier alpha value is -4.07. The fourth-order valence-electron chi connectivity index (χ4n) is 6.14. The molecule has 0 radical (unpaired) electrons. The maximum atomic E-state index is 14.2. The molecule has 242 valence electrons. The molecular weight excluding hydrogens is 613 g/mol. The van der Waals surface area contributed by atoms with Gasteiger partial charge in [0.25, 0.3) is 0 Å². The van der Waals surface area contributed by atoms with Crippen molar-refractivity contribution in [3.63, 3.8) is 0 Å². The number of carboxylic acids is 2. The van der Waals surface area contributed by atoms with E-state index in [1.54, 1.807) is 32.1 Å². The third-order valence-electron chi connectivity index (χ3n) is 8.52. The zero-order chi connectivity index (χ0) is 33.3. The molecule has 2 amide bonds. The second kappa shape index (κ2) is 13.1. The van der Waals surface area contributed by atoms with Gasteiger partial charge in [-0.15, -0.1) is 0 Å². The van der Waals surface area contributed by atoms with Crippen LogP contribution in [0.15, 0.2) is 36.4 Å². The fraction of sp³-hybridized carbons (Fsp3) is 0.452. The number of aliphatic carboxylic acids is 2. The first-order valence-corrected chi connectivity index (χ1v) is 14.6. The zero-order valence-electron chi connectivity index (χ0n) is 25.1. The molecular formula is C31H35ClFN3O9. The van der Waals surface area contributed by atoms with Gasteiger partial charge in [-0.25, -0.2) is 9.18 Å². The Labute approximate surface area is 263 Å². The van der Waals surface area contributed by atoms with Crippen LogP contribution in [-0.2, 0) is 35.8 Å². The SMILES string of the molecule is CN(C)C(=O)C(Cc1cc(OC(=O)CC(O)(CC(=O)O)C(=O)O)ccc1Cl)CN1CCC2(CC1)C(=O)N(C)c1ccc(F)cc12. The van der Waals surface area contributed by atoms with Crippen LogP contribution in [0.5, 0.6) is 5.75 Å². The van der Waals surface area contributed by atoms with Crippen LogP contribution >= 0.6 is 11.6 Å². The number of hydrogen-bond acceptors (Lipinski definition) is 8. The molecule has 4 rings (SSSR count). The quantitative estimate of drug-likeness (QED) is 0.243. The van der Waals surface area contributed by atoms with E-state index in [4.69, 9.17) is 21.4 Å². The van der Waals surface area contributed by atoms with Gasteiger partial charge in [0.1, 0.15) is 11.6 Å². The van der Waals surface area contributed by atoms with Crippen LogP contribution in [0.2, 0.25) is 5.02 Å². The average Bonchev–Trinajstić information content (AvgIpc) is 3.15. The lowest BCUT2D eigenvalue weighted by molar-refractivity contribution is -0.169. The van der Waals surface area contributed by atoms with Crippen molar-refractivity contribution in [3.8, 4) is 5.75 Å². The molecule has 2 aliphatic rings. The minimum Gasteiger partial charge on any atom is -0.481 e. The number of halogens is 2. The number of carboxylic acid groups (broad SMARTS) is 2. The number of fused-ring (bicyclic) bond motifs is 2. The van der Waals surface area contributed by atoms with Gasteiger partial charge in [-0.2, -0.15) is 0 Å². The summed E-state index contributed by atoms with van der Waals surface area (Å²) in [4.78, 5) is 66.6. The summed E-state index contributed by atoms with van der Waals surface area (Å²) >= 11 is 6.45. The number of rotatable bonds is 11. The molecule has 2 aromatic carbocycles. The number of carbonyl (C=O) groups is 5. The van der Waals surface area contributed by atoms with E-state index < -0.39 is 53.5 Å². The highest BCUT2D eigenvalue weighted by molar-refractivity contribution is 6.31. The monoisotopic (exact) mass is 647 g/mol. The lowest BCUT2D eigenvalue weighted by Crippen LogP contribution is -2.50. The minimum atomic E-state index is -2.86. The largest absolute Gasteiger partial charge is 0.481 e. The van der Waals surface area contributed by atoms with Gasteiger partial charge in [-0.3, -0.25) is 19.2 Å². The summed E-state index contributed by atoms with van der Waals surface area (Å²) < 4.78 is 19.4. The zero-order valence-corrected chi connectivity index (χ0v) is 25.8. The van der Waals surface area contributed by atoms with Gasteiger partial charge in [0, 0.05) is 38.4 Å². The first-order chi connectivity index (χ1) is 21.1. The fourth-order valence-corrected chi connectivity index (χ4v) is 6.34. The Morgan fingerprint density at radius 1 is 1.09 bits per heavy atom. The molecule has 0 aliphatic carbocycles. The first kappa shape index (κ1) is 33.8. The van der Waals surface area contributed by atoms with Gasteiger partial charge in [0.05, 0.1) is 24.2 Å². The number of piperidine rings is 1. The Morgan fingerprint density at radius 2 is 1.76 bits per heavy atom. The highest BCUT2D eigenvalue weighted by Gasteiger charge is 2.51. The molecule has 45 heavy (non-hydrogen) atoms. The van der Waals surface area contributed by atoms with Crippen LogP contribution in [0.3, 0.4) is 0 Å². The van der Waals surface area contributed by atoms with Crippen molar-refractivity contribution in [1.82, 2.24) is 9.80 Å². The predicted octanol–water partition coefficient (Wildman–Crippen LogP) is 2.32. The van der Waals surface area contributed by atoms with E-state index in [9.17, 15) is 38.6 Å². The lowest BCUT2D eigenvalue weighted by Gasteiger charge is -2.39. The van der Waals surface area contributed by atoms with Gasteiger partial charge in [-0.1, -0.05) is 11.6 Å². The number of nitrogens with zero attached hydrogens (tertiary/aromatic N) is 3. The Bertz CT molecular complexity index is 1530. The molecule has 0 saturated carbocycles. The topological polar surface area (TPSA) is 165 Å². The van der Waals surface area contributed by atoms with Crippen molar-refractivity contribution in [2.24, 2.45) is 5.92 Å². The summed E-state index contributed by atoms with van der Waals surface area (Å²) in [5, 5.41) is 28.6. The van der Waals surface area contributed by atoms with Gasteiger partial charge in [-0.05, 0) is 79.9 Å². The molecule has 1 fully saturated rings. The summed E-state index contributed by atoms with van der Waals surface area (Å²) in [7, 11) is 4.93. The van der Waals surface area contributed by atoms with Crippen LogP contribution in [0.4, 0.5) is 10.1 Å². The molecule has 14 heteroatoms. The smallest absolute Gasteiger partial charge is 0.336 e. The summed E-state index contributed by atoms with van der Waals surface area (Å²) in [6.45, 7) is 1.30. The average molecular weight is 648 g/mol. The van der Waals surface area contributed by atoms with E-state index in [1.165, 1.54) is 35.2 Å². The van der Waals surface area contributed by atoms with Crippen LogP contribution in [-0.4, -0.2) is 101 Å². The van der Waals surface area contributed by atoms with E-state index in [2.05, 4.69) is 4.90 Å². The van der Waals surface area contributed by atoms with Gasteiger partial charge in [0.15, 0.2) is 5.60 Å². The van der Waals surface area contributed by atoms with E-state index in [0.29, 0.717) is 49.3 Å². The second-order valence-corrected chi connectivity index (χ2v) is 12.3. The molecule has 0 aromatic heterocycles. The second-order valence-electron chi connectivity index (χ2n) is 11.9. The van der Waals surface area contributed by atoms with Gasteiger partial charge < -0.3 is 34.8 Å². The van der Waals surface area contributed by atoms with Crippen molar-refractivity contribution in [1.29, 1.82) is 0 Å². The van der Waals surface area contributed by atoms with E-state index >= 15 is 0 Å². The molecule has 2 aromatic rings. The number of ether oxygens (including phenoxy) is 1. The molecule has 1 spiro atoms. The highest BCUT2D eigenvalue weighted by atomic mass is 35.5. The molecule has 1 saturated heterocycles. The normalized spacial score (nSPS) is 17.8. The van der Waals surface area contributed by atoms with Crippen LogP contribution in [0, 0.1) is 11.7 Å².